The van der Waals surface area contributed by atoms with Gasteiger partial charge in [-0.05, 0) is 50.6 Å². The number of carbonyl (C=O) groups is 1. The van der Waals surface area contributed by atoms with Crippen molar-refractivity contribution < 1.29 is 9.53 Å². The normalized spacial score (nSPS) is 16.5. The second-order valence-corrected chi connectivity index (χ2v) is 6.08. The van der Waals surface area contributed by atoms with Gasteiger partial charge in [0.05, 0.1) is 12.3 Å². The van der Waals surface area contributed by atoms with Crippen molar-refractivity contribution >= 4 is 11.6 Å². The molecule has 1 fully saturated rings. The molecule has 0 radical (unpaired) electrons. The number of nitrogens with two attached hydrogens (primary N) is 1. The van der Waals surface area contributed by atoms with Gasteiger partial charge in [0.25, 0.3) is 0 Å². The lowest BCUT2D eigenvalue weighted by Crippen LogP contribution is -2.38. The summed E-state index contributed by atoms with van der Waals surface area (Å²) in [7, 11) is 4.04. The van der Waals surface area contributed by atoms with Gasteiger partial charge in [-0.25, -0.2) is 0 Å². The molecule has 0 spiro atoms. The number of anilines is 1. The molecule has 122 valence electrons. The minimum Gasteiger partial charge on any atom is -0.492 e. The van der Waals surface area contributed by atoms with Gasteiger partial charge in [-0.3, -0.25) is 9.69 Å². The van der Waals surface area contributed by atoms with Crippen molar-refractivity contribution in [2.75, 3.05) is 38.7 Å². The number of carbonyl (C=O) groups excluding carboxylic acids is 1. The van der Waals surface area contributed by atoms with Crippen LogP contribution >= 0.6 is 0 Å². The van der Waals surface area contributed by atoms with Crippen LogP contribution in [0, 0.1) is 5.92 Å². The molecule has 0 bridgehead atoms. The zero-order valence-electron chi connectivity index (χ0n) is 13.8. The van der Waals surface area contributed by atoms with E-state index in [0.29, 0.717) is 6.61 Å². The van der Waals surface area contributed by atoms with Gasteiger partial charge >= 0.3 is 0 Å². The van der Waals surface area contributed by atoms with Crippen LogP contribution < -0.4 is 15.4 Å². The molecule has 1 heterocycles. The van der Waals surface area contributed by atoms with E-state index in [1.54, 1.807) is 0 Å². The van der Waals surface area contributed by atoms with E-state index in [-0.39, 0.29) is 11.8 Å². The minimum absolute atomic E-state index is 0.0475. The number of hydrogen-bond donors (Lipinski definition) is 1. The lowest BCUT2D eigenvalue weighted by molar-refractivity contribution is -0.123. The topological polar surface area (TPSA) is 58.8 Å². The highest BCUT2D eigenvalue weighted by molar-refractivity contribution is 5.76. The van der Waals surface area contributed by atoms with E-state index in [1.165, 1.54) is 5.56 Å². The van der Waals surface area contributed by atoms with Gasteiger partial charge in [0.1, 0.15) is 5.75 Å². The van der Waals surface area contributed by atoms with Crippen LogP contribution in [0.5, 0.6) is 5.75 Å². The number of hydrogen-bond acceptors (Lipinski definition) is 4. The third-order valence-electron chi connectivity index (χ3n) is 4.20. The van der Waals surface area contributed by atoms with Crippen molar-refractivity contribution in [3.63, 3.8) is 0 Å². The summed E-state index contributed by atoms with van der Waals surface area (Å²) < 4.78 is 5.76. The van der Waals surface area contributed by atoms with Gasteiger partial charge in [0.15, 0.2) is 0 Å². The number of piperidine rings is 1. The van der Waals surface area contributed by atoms with Crippen LogP contribution in [0.3, 0.4) is 0 Å². The van der Waals surface area contributed by atoms with Crippen molar-refractivity contribution in [1.29, 1.82) is 0 Å². The molecule has 0 aromatic heterocycles. The van der Waals surface area contributed by atoms with Crippen LogP contribution in [-0.4, -0.2) is 44.6 Å². The fourth-order valence-corrected chi connectivity index (χ4v) is 2.93. The molecule has 1 aliphatic heterocycles. The second-order valence-electron chi connectivity index (χ2n) is 6.08. The van der Waals surface area contributed by atoms with Crippen molar-refractivity contribution in [2.24, 2.45) is 11.7 Å². The van der Waals surface area contributed by atoms with E-state index >= 15 is 0 Å². The Hall–Kier alpha value is -1.75. The van der Waals surface area contributed by atoms with Crippen LogP contribution in [0.15, 0.2) is 18.2 Å². The number of benzene rings is 1. The molecule has 0 unspecified atom stereocenters. The first kappa shape index (κ1) is 16.6. The van der Waals surface area contributed by atoms with Crippen molar-refractivity contribution in [3.8, 4) is 5.75 Å². The summed E-state index contributed by atoms with van der Waals surface area (Å²) in [5, 5.41) is 0. The Balaban J connectivity index is 2.01. The zero-order chi connectivity index (χ0) is 16.1. The van der Waals surface area contributed by atoms with E-state index in [9.17, 15) is 4.79 Å². The van der Waals surface area contributed by atoms with Gasteiger partial charge in [0.2, 0.25) is 5.91 Å². The molecule has 1 aromatic carbocycles. The summed E-state index contributed by atoms with van der Waals surface area (Å²) in [5.74, 6) is 0.817. The average Bonchev–Trinajstić information content (AvgIpc) is 2.48. The highest BCUT2D eigenvalue weighted by Gasteiger charge is 2.23. The van der Waals surface area contributed by atoms with E-state index in [2.05, 4.69) is 28.0 Å². The third kappa shape index (κ3) is 4.13. The highest BCUT2D eigenvalue weighted by atomic mass is 16.5. The van der Waals surface area contributed by atoms with E-state index in [4.69, 9.17) is 10.5 Å². The number of primary amides is 1. The average molecular weight is 305 g/mol. The molecule has 5 nitrogen and oxygen atoms in total. The first-order valence-corrected chi connectivity index (χ1v) is 7.96. The fourth-order valence-electron chi connectivity index (χ4n) is 2.93. The van der Waals surface area contributed by atoms with Crippen LogP contribution in [0.2, 0.25) is 0 Å². The van der Waals surface area contributed by atoms with Gasteiger partial charge in [-0.15, -0.1) is 0 Å². The number of nitrogens with zero attached hydrogens (tertiary/aromatic N) is 2. The Morgan fingerprint density at radius 3 is 2.59 bits per heavy atom. The Labute approximate surface area is 133 Å². The fraction of sp³-hybridized carbons (Fsp3) is 0.588. The molecule has 2 N–H and O–H groups in total. The maximum Gasteiger partial charge on any atom is 0.220 e. The number of rotatable bonds is 6. The summed E-state index contributed by atoms with van der Waals surface area (Å²) in [5.41, 5.74) is 7.72. The van der Waals surface area contributed by atoms with E-state index in [1.807, 2.05) is 21.0 Å². The molecule has 1 amide bonds. The van der Waals surface area contributed by atoms with Crippen molar-refractivity contribution in [3.05, 3.63) is 23.8 Å². The highest BCUT2D eigenvalue weighted by Crippen LogP contribution is 2.29. The monoisotopic (exact) mass is 305 g/mol. The van der Waals surface area contributed by atoms with Crippen LogP contribution in [0.25, 0.3) is 0 Å². The predicted octanol–water partition coefficient (Wildman–Crippen LogP) is 1.85. The third-order valence-corrected chi connectivity index (χ3v) is 4.20. The number of amides is 1. The first-order chi connectivity index (χ1) is 10.5. The summed E-state index contributed by atoms with van der Waals surface area (Å²) in [4.78, 5) is 15.7. The number of likely N-dealkylation sites (tertiary alicyclic amines) is 1. The van der Waals surface area contributed by atoms with Gasteiger partial charge in [-0.2, -0.15) is 0 Å². The smallest absolute Gasteiger partial charge is 0.220 e. The Bertz CT molecular complexity index is 509. The molecule has 0 aliphatic carbocycles. The summed E-state index contributed by atoms with van der Waals surface area (Å²) in [6, 6.07) is 6.38. The molecule has 1 saturated heterocycles. The molecule has 0 atom stereocenters. The molecular formula is C17H27N3O2. The van der Waals surface area contributed by atoms with Crippen LogP contribution in [0.1, 0.15) is 25.3 Å². The quantitative estimate of drug-likeness (QED) is 0.871. The van der Waals surface area contributed by atoms with Gasteiger partial charge < -0.3 is 15.4 Å². The van der Waals surface area contributed by atoms with Gasteiger partial charge in [-0.1, -0.05) is 6.07 Å². The molecule has 0 saturated carbocycles. The lowest BCUT2D eigenvalue weighted by atomic mass is 9.96. The van der Waals surface area contributed by atoms with Crippen molar-refractivity contribution in [2.45, 2.75) is 26.3 Å². The van der Waals surface area contributed by atoms with Crippen LogP contribution in [-0.2, 0) is 11.3 Å². The molecule has 1 aromatic rings. The molecule has 2 rings (SSSR count). The lowest BCUT2D eigenvalue weighted by Gasteiger charge is -2.30. The largest absolute Gasteiger partial charge is 0.492 e. The van der Waals surface area contributed by atoms with Crippen molar-refractivity contribution in [1.82, 2.24) is 4.90 Å². The summed E-state index contributed by atoms with van der Waals surface area (Å²) in [6.07, 6.45) is 1.73. The van der Waals surface area contributed by atoms with E-state index < -0.39 is 0 Å². The van der Waals surface area contributed by atoms with Gasteiger partial charge in [0, 0.05) is 26.6 Å². The Kier molecular flexibility index (Phi) is 5.66. The summed E-state index contributed by atoms with van der Waals surface area (Å²) in [6.45, 7) is 5.40. The van der Waals surface area contributed by atoms with Crippen LogP contribution in [0.4, 0.5) is 5.69 Å². The summed E-state index contributed by atoms with van der Waals surface area (Å²) >= 11 is 0. The maximum atomic E-state index is 11.2. The molecular weight excluding hydrogens is 278 g/mol. The maximum absolute atomic E-state index is 11.2. The Morgan fingerprint density at radius 2 is 2.05 bits per heavy atom. The SMILES string of the molecule is CCOc1cc(CN2CCC(C(N)=O)CC2)ccc1N(C)C. The second kappa shape index (κ2) is 7.49. The molecule has 1 aliphatic rings. The predicted molar refractivity (Wildman–Crippen MR) is 89.1 cm³/mol. The molecule has 5 heteroatoms. The minimum atomic E-state index is -0.159. The molecule has 22 heavy (non-hydrogen) atoms. The Morgan fingerprint density at radius 1 is 1.36 bits per heavy atom. The standard InChI is InChI=1S/C17H27N3O2/c1-4-22-16-11-13(5-6-15(16)19(2)3)12-20-9-7-14(8-10-20)17(18)21/h5-6,11,14H,4,7-10,12H2,1-3H3,(H2,18,21). The first-order valence-electron chi connectivity index (χ1n) is 7.96. The van der Waals surface area contributed by atoms with E-state index in [0.717, 1.165) is 43.9 Å². The number of ether oxygens (including phenoxy) is 1. The zero-order valence-corrected chi connectivity index (χ0v) is 13.8.